The van der Waals surface area contributed by atoms with Gasteiger partial charge in [0.05, 0.1) is 52.4 Å². The molecular weight excluding hydrogens is 1250 g/mol. The maximum Gasteiger partial charge on any atom is 1.00 e. The molecule has 6 rings (SSSR count). The number of hydrogen-bond acceptors (Lipinski definition) is 20. The van der Waals surface area contributed by atoms with Crippen molar-refractivity contribution in [3.63, 3.8) is 0 Å². The van der Waals surface area contributed by atoms with E-state index in [-0.39, 0.29) is 206 Å². The largest absolute Gasteiger partial charge is 1.00 e. The van der Waals surface area contributed by atoms with Gasteiger partial charge >= 0.3 is 119 Å². The molecular formula is C51H67Cl2F2N4Na3O21S2. The van der Waals surface area contributed by atoms with Gasteiger partial charge in [0.1, 0.15) is 22.1 Å². The average Bonchev–Trinajstić information content (AvgIpc) is 3.11. The summed E-state index contributed by atoms with van der Waals surface area (Å²) in [4.78, 5) is 89.8. The van der Waals surface area contributed by atoms with Gasteiger partial charge in [-0.05, 0) is 140 Å². The molecule has 0 bridgehead atoms. The van der Waals surface area contributed by atoms with Gasteiger partial charge in [0, 0.05) is 38.6 Å². The maximum absolute atomic E-state index is 13.8. The van der Waals surface area contributed by atoms with Crippen LogP contribution in [0.15, 0.2) is 59.7 Å². The molecule has 2 heterocycles. The first-order chi connectivity index (χ1) is 38.9. The minimum atomic E-state index is -4.38. The molecule has 460 valence electrons. The first-order valence-corrected chi connectivity index (χ1v) is 29.6. The first kappa shape index (κ1) is 81.6. The molecule has 85 heavy (non-hydrogen) atoms. The summed E-state index contributed by atoms with van der Waals surface area (Å²) in [6.45, 7) is 4.73. The molecule has 4 aliphatic rings. The van der Waals surface area contributed by atoms with Gasteiger partial charge in [-0.3, -0.25) is 14.8 Å². The van der Waals surface area contributed by atoms with Crippen LogP contribution in [0.5, 0.6) is 0 Å². The van der Waals surface area contributed by atoms with Crippen molar-refractivity contribution < 1.29 is 199 Å². The molecule has 2 aromatic rings. The topological polar surface area (TPSA) is 343 Å². The molecule has 0 saturated carbocycles. The van der Waals surface area contributed by atoms with Crippen LogP contribution in [0.2, 0.25) is 10.0 Å². The Hall–Kier alpha value is -3.37. The second-order valence-electron chi connectivity index (χ2n) is 18.3. The molecule has 0 aromatic heterocycles. The van der Waals surface area contributed by atoms with E-state index in [4.69, 9.17) is 62.6 Å². The van der Waals surface area contributed by atoms with Crippen LogP contribution in [0, 0.1) is 23.5 Å². The van der Waals surface area contributed by atoms with Crippen molar-refractivity contribution >= 4 is 97.2 Å². The van der Waals surface area contributed by atoms with Gasteiger partial charge in [0.25, 0.3) is 6.47 Å². The number of allylic oxidation sites excluding steroid dienone is 2. The van der Waals surface area contributed by atoms with E-state index in [9.17, 15) is 59.5 Å². The van der Waals surface area contributed by atoms with Gasteiger partial charge in [0.2, 0.25) is 20.0 Å². The van der Waals surface area contributed by atoms with Crippen LogP contribution in [0.25, 0.3) is 0 Å². The van der Waals surface area contributed by atoms with Gasteiger partial charge in [0.15, 0.2) is 13.5 Å². The summed E-state index contributed by atoms with van der Waals surface area (Å²) in [5.74, 6) is -5.11. The number of nitrogens with zero attached hydrogens (tertiary/aromatic N) is 4. The summed E-state index contributed by atoms with van der Waals surface area (Å²) in [6.07, 6.45) is 5.47. The van der Waals surface area contributed by atoms with Crippen LogP contribution >= 0.6 is 23.2 Å². The third-order valence-corrected chi connectivity index (χ3v) is 17.8. The smallest absolute Gasteiger partial charge is 1.00 e. The van der Waals surface area contributed by atoms with Crippen LogP contribution in [0.1, 0.15) is 99.2 Å². The van der Waals surface area contributed by atoms with Crippen molar-refractivity contribution in [2.24, 2.45) is 11.8 Å². The van der Waals surface area contributed by atoms with Crippen molar-refractivity contribution in [3.8, 4) is 0 Å². The number of ether oxygens (including phenoxy) is 4. The second-order valence-corrected chi connectivity index (χ2v) is 23.2. The number of carboxylic acids is 2. The predicted molar refractivity (Wildman–Crippen MR) is 286 cm³/mol. The van der Waals surface area contributed by atoms with E-state index >= 15 is 0 Å². The summed E-state index contributed by atoms with van der Waals surface area (Å²) in [6, 6.07) is 6.25. The van der Waals surface area contributed by atoms with Crippen LogP contribution < -0.4 is 108 Å². The van der Waals surface area contributed by atoms with Crippen LogP contribution in [-0.4, -0.2) is 149 Å². The number of benzene rings is 2. The molecule has 2 N–H and O–H groups in total. The predicted octanol–water partition coefficient (Wildman–Crippen LogP) is -3.40. The number of carbonyl (C=O) groups is 7. The fourth-order valence-corrected chi connectivity index (χ4v) is 13.4. The van der Waals surface area contributed by atoms with Gasteiger partial charge in [-0.1, -0.05) is 35.4 Å². The number of anilines is 2. The van der Waals surface area contributed by atoms with E-state index in [0.29, 0.717) is 58.0 Å². The molecule has 2 saturated heterocycles. The Kier molecular flexibility index (Phi) is 40.1. The number of hydrogen-bond donors (Lipinski definition) is 2. The standard InChI is InChI=1S/2C24H30ClFN2O8S.C2H6O2.CH2O3.3Na.H/c2*1-2-35-23(31)18-5-3-4-6-21(18)37(33,34)28(20-8-7-17(26)14-19(20)25)15-36-24(32)27-11-9-16(10-12-27)13-22(29)30;1-2-4-3;2-1-4-3;;;;/h2*5,7-8,14,16,21H,2-4,6,9-13,15H2,1H3,(H,29,30);3H,2H2,1H3;1,3H;;;;/q;;;;3*+1;-1/p-2. The number of esters is 2. The third kappa shape index (κ3) is 25.9. The Morgan fingerprint density at radius 1 is 0.659 bits per heavy atom. The summed E-state index contributed by atoms with van der Waals surface area (Å²) in [5, 5.41) is 32.6. The molecule has 2 aromatic carbocycles. The summed E-state index contributed by atoms with van der Waals surface area (Å²) >= 11 is 12.4. The number of piperidine rings is 2. The summed E-state index contributed by atoms with van der Waals surface area (Å²) < 4.78 is 105. The van der Waals surface area contributed by atoms with Crippen molar-refractivity contribution in [2.75, 3.05) is 68.1 Å². The second kappa shape index (κ2) is 41.8. The molecule has 2 aliphatic carbocycles. The fourth-order valence-electron chi connectivity index (χ4n) is 8.94. The van der Waals surface area contributed by atoms with E-state index in [1.54, 1.807) is 20.8 Å². The zero-order valence-electron chi connectivity index (χ0n) is 49.1. The number of carboxylic acid groups (broad SMARTS) is 2. The molecule has 2 aliphatic heterocycles. The first-order valence-electron chi connectivity index (χ1n) is 25.8. The molecule has 25 nitrogen and oxygen atoms in total. The monoisotopic (exact) mass is 1310 g/mol. The van der Waals surface area contributed by atoms with Gasteiger partial charge in [-0.2, -0.15) is 0 Å². The Morgan fingerprint density at radius 2 is 1.01 bits per heavy atom. The Morgan fingerprint density at radius 3 is 1.31 bits per heavy atom. The third-order valence-electron chi connectivity index (χ3n) is 12.9. The van der Waals surface area contributed by atoms with Crippen molar-refractivity contribution in [2.45, 2.75) is 108 Å². The fraction of sp³-hybridized carbons (Fsp3) is 0.549. The molecule has 0 spiro atoms. The summed E-state index contributed by atoms with van der Waals surface area (Å²) in [5.41, 5.74) is -0.247. The molecule has 34 heteroatoms. The molecule has 2 unspecified atom stereocenters. The normalized spacial score (nSPS) is 16.8. The zero-order valence-corrected chi connectivity index (χ0v) is 57.3. The SMILES string of the molecule is CCOC(=O)C1=CCCCC1S(=O)(=O)N(COC(=O)N1CCC(CC(=O)O)CC1)c1ccc(F)cc1Cl.CCOC(=O)C1=CCCCC1S(=O)(=O)N(COC(=O)N1CCC(CC(=O)[O-])CC1)c1ccc(F)cc1Cl.CCOO.O=CO[O-].[H-].[Na+].[Na+].[Na+]. The van der Waals surface area contributed by atoms with Crippen molar-refractivity contribution in [1.82, 2.24) is 9.80 Å². The van der Waals surface area contributed by atoms with Gasteiger partial charge in [-0.25, -0.2) is 58.3 Å². The number of likely N-dealkylation sites (tertiary alicyclic amines) is 2. The summed E-state index contributed by atoms with van der Waals surface area (Å²) in [7, 11) is -8.76. The number of sulfonamides is 2. The molecule has 2 amide bonds. The van der Waals surface area contributed by atoms with E-state index < -0.39 is 91.7 Å². The minimum absolute atomic E-state index is 0. The van der Waals surface area contributed by atoms with E-state index in [1.165, 1.54) is 22.0 Å². The van der Waals surface area contributed by atoms with Crippen LogP contribution in [0.4, 0.5) is 29.7 Å². The molecule has 2 fully saturated rings. The Balaban J connectivity index is 0. The van der Waals surface area contributed by atoms with Crippen molar-refractivity contribution in [1.29, 1.82) is 0 Å². The van der Waals surface area contributed by atoms with E-state index in [0.717, 1.165) is 45.0 Å². The van der Waals surface area contributed by atoms with E-state index in [2.05, 4.69) is 9.78 Å². The molecule has 2 atom stereocenters. The molecule has 0 radical (unpaired) electrons. The number of amides is 2. The minimum Gasteiger partial charge on any atom is -1.00 e. The van der Waals surface area contributed by atoms with Gasteiger partial charge in [-0.15, -0.1) is 0 Å². The van der Waals surface area contributed by atoms with E-state index in [1.807, 2.05) is 0 Å². The maximum atomic E-state index is 13.8. The Bertz CT molecular complexity index is 2620. The average molecular weight is 1310 g/mol. The van der Waals surface area contributed by atoms with Crippen LogP contribution in [-0.2, 0) is 72.7 Å². The quantitative estimate of drug-likeness (QED) is 0.0248. The zero-order chi connectivity index (χ0) is 61.2. The Labute approximate surface area is 569 Å². The number of aliphatic carboxylic acids is 2. The number of rotatable bonds is 20. The van der Waals surface area contributed by atoms with Crippen LogP contribution in [0.3, 0.4) is 0 Å². The van der Waals surface area contributed by atoms with Crippen molar-refractivity contribution in [3.05, 3.63) is 81.4 Å². The number of carbonyl (C=O) groups excluding carboxylic acids is 6. The number of halogens is 4. The van der Waals surface area contributed by atoms with Gasteiger partial charge < -0.3 is 55.3 Å².